The first-order valence-electron chi connectivity index (χ1n) is 14.9. The number of piperazine rings is 1. The van der Waals surface area contributed by atoms with Gasteiger partial charge in [-0.1, -0.05) is 19.4 Å². The van der Waals surface area contributed by atoms with E-state index in [-0.39, 0.29) is 12.0 Å². The van der Waals surface area contributed by atoms with Gasteiger partial charge in [-0.2, -0.15) is 5.10 Å². The van der Waals surface area contributed by atoms with Gasteiger partial charge in [0.25, 0.3) is 5.91 Å². The van der Waals surface area contributed by atoms with E-state index in [0.29, 0.717) is 52.8 Å². The molecule has 11 nitrogen and oxygen atoms in total. The molecule has 4 heterocycles. The van der Waals surface area contributed by atoms with Crippen LogP contribution < -0.4 is 15.4 Å². The summed E-state index contributed by atoms with van der Waals surface area (Å²) in [6.45, 7) is 15.2. The zero-order valence-corrected chi connectivity index (χ0v) is 25.9. The number of hydrogen-bond donors (Lipinski definition) is 3. The molecule has 226 valence electrons. The molecular formula is C32H41N9O2. The molecule has 5 rings (SSSR count). The van der Waals surface area contributed by atoms with Crippen LogP contribution in [0.1, 0.15) is 70.8 Å². The second-order valence-corrected chi connectivity index (χ2v) is 11.4. The zero-order valence-electron chi connectivity index (χ0n) is 25.9. The van der Waals surface area contributed by atoms with E-state index >= 15 is 0 Å². The molecule has 1 fully saturated rings. The standard InChI is InChI=1S/C32H41N9O2/c1-7-8-24-9-10-27(35-16-24)29(18-41-12-11-33-21(4)17-41)43-28-13-19(2)25(14-26(28)31-37-23(6)39-40-31)32(42)38-30-20(3)15-34-22(5)36-30/h9-10,13-16,21,29,33H,7-8,11-12,17-18H2,1-6H3,(H,37,39,40)(H,34,36,38,42)/t21-,29-/m1/s1. The Bertz CT molecular complexity index is 1570. The van der Waals surface area contributed by atoms with Crippen molar-refractivity contribution in [3.8, 4) is 17.1 Å². The van der Waals surface area contributed by atoms with E-state index in [1.807, 2.05) is 33.0 Å². The van der Waals surface area contributed by atoms with Crippen molar-refractivity contribution >= 4 is 11.7 Å². The van der Waals surface area contributed by atoms with Crippen LogP contribution in [0.2, 0.25) is 0 Å². The number of H-pyrrole nitrogens is 1. The maximum Gasteiger partial charge on any atom is 0.257 e. The molecule has 43 heavy (non-hydrogen) atoms. The monoisotopic (exact) mass is 583 g/mol. The van der Waals surface area contributed by atoms with Crippen molar-refractivity contribution in [2.45, 2.75) is 66.5 Å². The molecule has 1 aliphatic heterocycles. The Morgan fingerprint density at radius 2 is 1.95 bits per heavy atom. The zero-order chi connectivity index (χ0) is 30.5. The number of ether oxygens (including phenoxy) is 1. The molecule has 1 saturated heterocycles. The van der Waals surface area contributed by atoms with Crippen LogP contribution in [0.15, 0.2) is 36.7 Å². The lowest BCUT2D eigenvalue weighted by Gasteiger charge is -2.34. The van der Waals surface area contributed by atoms with Crippen molar-refractivity contribution in [1.29, 1.82) is 0 Å². The van der Waals surface area contributed by atoms with Gasteiger partial charge in [-0.25, -0.2) is 15.0 Å². The maximum absolute atomic E-state index is 13.5. The maximum atomic E-state index is 13.5. The number of carbonyl (C=O) groups excluding carboxylic acids is 1. The van der Waals surface area contributed by atoms with E-state index in [1.54, 1.807) is 19.2 Å². The van der Waals surface area contributed by atoms with Crippen LogP contribution in [0.25, 0.3) is 11.4 Å². The normalized spacial score (nSPS) is 16.2. The minimum atomic E-state index is -0.342. The smallest absolute Gasteiger partial charge is 0.257 e. The fourth-order valence-electron chi connectivity index (χ4n) is 5.31. The molecule has 0 aliphatic carbocycles. The summed E-state index contributed by atoms with van der Waals surface area (Å²) in [7, 11) is 0. The summed E-state index contributed by atoms with van der Waals surface area (Å²) in [4.78, 5) is 34.0. The Kier molecular flexibility index (Phi) is 9.42. The molecular weight excluding hydrogens is 542 g/mol. The van der Waals surface area contributed by atoms with Crippen molar-refractivity contribution in [3.63, 3.8) is 0 Å². The van der Waals surface area contributed by atoms with Crippen molar-refractivity contribution < 1.29 is 9.53 Å². The van der Waals surface area contributed by atoms with Crippen molar-refractivity contribution in [3.05, 3.63) is 76.3 Å². The molecule has 3 N–H and O–H groups in total. The molecule has 3 aromatic heterocycles. The molecule has 0 unspecified atom stereocenters. The number of rotatable bonds is 10. The van der Waals surface area contributed by atoms with Crippen LogP contribution in [0.4, 0.5) is 5.82 Å². The molecule has 1 aromatic carbocycles. The second-order valence-electron chi connectivity index (χ2n) is 11.4. The first kappa shape index (κ1) is 30.2. The molecule has 0 saturated carbocycles. The summed E-state index contributed by atoms with van der Waals surface area (Å²) in [5, 5.41) is 13.8. The molecule has 1 aliphatic rings. The van der Waals surface area contributed by atoms with Gasteiger partial charge in [-0.15, -0.1) is 0 Å². The lowest BCUT2D eigenvalue weighted by Crippen LogP contribution is -2.50. The predicted octanol–water partition coefficient (Wildman–Crippen LogP) is 4.51. The molecule has 11 heteroatoms. The summed E-state index contributed by atoms with van der Waals surface area (Å²) in [5.41, 5.74) is 4.71. The number of amides is 1. The molecule has 1 amide bonds. The number of aromatic amines is 1. The highest BCUT2D eigenvalue weighted by molar-refractivity contribution is 6.06. The van der Waals surface area contributed by atoms with Gasteiger partial charge >= 0.3 is 0 Å². The van der Waals surface area contributed by atoms with E-state index in [1.165, 1.54) is 5.56 Å². The average Bonchev–Trinajstić information content (AvgIpc) is 3.41. The SMILES string of the molecule is CCCc1ccc([C@@H](CN2CCN[C@H](C)C2)Oc2cc(C)c(C(=O)Nc3nc(C)ncc3C)cc2-c2n[nH]c(C)n2)nc1. The van der Waals surface area contributed by atoms with Crippen molar-refractivity contribution in [2.75, 3.05) is 31.5 Å². The third kappa shape index (κ3) is 7.41. The van der Waals surface area contributed by atoms with Crippen LogP contribution in [0, 0.1) is 27.7 Å². The number of pyridine rings is 1. The summed E-state index contributed by atoms with van der Waals surface area (Å²) in [6, 6.07) is 8.29. The third-order valence-corrected chi connectivity index (χ3v) is 7.60. The Hall–Kier alpha value is -4.22. The molecule has 2 atom stereocenters. The molecule has 0 radical (unpaired) electrons. The molecule has 4 aromatic rings. The highest BCUT2D eigenvalue weighted by atomic mass is 16.5. The van der Waals surface area contributed by atoms with Gasteiger partial charge < -0.3 is 15.4 Å². The summed E-state index contributed by atoms with van der Waals surface area (Å²) in [6.07, 6.45) is 5.36. The summed E-state index contributed by atoms with van der Waals surface area (Å²) < 4.78 is 6.83. The lowest BCUT2D eigenvalue weighted by molar-refractivity contribution is 0.102. The van der Waals surface area contributed by atoms with Gasteiger partial charge in [-0.3, -0.25) is 19.8 Å². The number of aryl methyl sites for hydroxylation is 5. The topological polar surface area (TPSA) is 134 Å². The van der Waals surface area contributed by atoms with Gasteiger partial charge in [-0.05, 0) is 70.4 Å². The van der Waals surface area contributed by atoms with Gasteiger partial charge in [0.2, 0.25) is 0 Å². The third-order valence-electron chi connectivity index (χ3n) is 7.60. The number of carbonyl (C=O) groups is 1. The van der Waals surface area contributed by atoms with Crippen molar-refractivity contribution in [2.24, 2.45) is 0 Å². The van der Waals surface area contributed by atoms with E-state index in [0.717, 1.165) is 49.3 Å². The van der Waals surface area contributed by atoms with Gasteiger partial charge in [0, 0.05) is 55.7 Å². The summed E-state index contributed by atoms with van der Waals surface area (Å²) in [5.74, 6) is 2.50. The minimum absolute atomic E-state index is 0.279. The second kappa shape index (κ2) is 13.4. The number of anilines is 1. The molecule has 0 spiro atoms. The highest BCUT2D eigenvalue weighted by Gasteiger charge is 2.26. The van der Waals surface area contributed by atoms with E-state index < -0.39 is 0 Å². The predicted molar refractivity (Wildman–Crippen MR) is 166 cm³/mol. The van der Waals surface area contributed by atoms with Crippen LogP contribution in [0.5, 0.6) is 5.75 Å². The largest absolute Gasteiger partial charge is 0.482 e. The first-order valence-corrected chi connectivity index (χ1v) is 14.9. The fraction of sp³-hybridized carbons (Fsp3) is 0.438. The van der Waals surface area contributed by atoms with E-state index in [2.05, 4.69) is 66.7 Å². The number of aromatic nitrogens is 6. The Balaban J connectivity index is 1.51. The van der Waals surface area contributed by atoms with Crippen molar-refractivity contribution in [1.82, 2.24) is 40.3 Å². The van der Waals surface area contributed by atoms with Crippen LogP contribution >= 0.6 is 0 Å². The lowest BCUT2D eigenvalue weighted by atomic mass is 10.0. The van der Waals surface area contributed by atoms with Gasteiger partial charge in [0.05, 0.1) is 11.3 Å². The average molecular weight is 584 g/mol. The Morgan fingerprint density at radius 1 is 1.12 bits per heavy atom. The molecule has 0 bridgehead atoms. The van der Waals surface area contributed by atoms with Gasteiger partial charge in [0.1, 0.15) is 23.2 Å². The number of nitrogens with one attached hydrogen (secondary N) is 3. The van der Waals surface area contributed by atoms with E-state index in [4.69, 9.17) is 9.72 Å². The highest BCUT2D eigenvalue weighted by Crippen LogP contribution is 2.35. The van der Waals surface area contributed by atoms with Gasteiger partial charge in [0.15, 0.2) is 11.9 Å². The quantitative estimate of drug-likeness (QED) is 0.247. The minimum Gasteiger partial charge on any atom is -0.482 e. The van der Waals surface area contributed by atoms with Crippen LogP contribution in [0.3, 0.4) is 0 Å². The van der Waals surface area contributed by atoms with E-state index in [9.17, 15) is 4.79 Å². The summed E-state index contributed by atoms with van der Waals surface area (Å²) >= 11 is 0. The number of benzene rings is 1. The number of hydrogen-bond acceptors (Lipinski definition) is 9. The van der Waals surface area contributed by atoms with Crippen LogP contribution in [-0.4, -0.2) is 73.2 Å². The van der Waals surface area contributed by atoms with Crippen LogP contribution in [-0.2, 0) is 6.42 Å². The first-order chi connectivity index (χ1) is 20.7. The fourth-order valence-corrected chi connectivity index (χ4v) is 5.31. The Labute approximate surface area is 252 Å². The Morgan fingerprint density at radius 3 is 2.65 bits per heavy atom. The number of nitrogens with zero attached hydrogens (tertiary/aromatic N) is 6.